The fraction of sp³-hybridized carbons (Fsp3) is 0.346. The maximum absolute atomic E-state index is 13.8. The number of thioether (sulfide) groups is 1. The summed E-state index contributed by atoms with van der Waals surface area (Å²) in [6.07, 6.45) is 2.06. The number of likely N-dealkylation sites (tertiary alicyclic amines) is 1. The summed E-state index contributed by atoms with van der Waals surface area (Å²) in [5.41, 5.74) is 3.30. The zero-order chi connectivity index (χ0) is 23.8. The van der Waals surface area contributed by atoms with Crippen molar-refractivity contribution >= 4 is 39.6 Å². The van der Waals surface area contributed by atoms with Gasteiger partial charge in [0.15, 0.2) is 5.16 Å². The Labute approximate surface area is 202 Å². The molecule has 1 fully saturated rings. The number of benzene rings is 2. The van der Waals surface area contributed by atoms with Crippen molar-refractivity contribution < 1.29 is 9.53 Å². The van der Waals surface area contributed by atoms with Crippen LogP contribution < -0.4 is 10.3 Å². The van der Waals surface area contributed by atoms with Gasteiger partial charge in [0.05, 0.1) is 18.6 Å². The van der Waals surface area contributed by atoms with E-state index in [0.717, 1.165) is 42.4 Å². The number of aromatic amines is 1. The molecule has 0 saturated carbocycles. The number of piperidine rings is 1. The Morgan fingerprint density at radius 3 is 2.74 bits per heavy atom. The van der Waals surface area contributed by atoms with Crippen molar-refractivity contribution in [1.82, 2.24) is 19.4 Å². The molecule has 2 aromatic carbocycles. The second-order valence-corrected chi connectivity index (χ2v) is 9.90. The van der Waals surface area contributed by atoms with Crippen molar-refractivity contribution in [2.24, 2.45) is 5.92 Å². The number of fused-ring (bicyclic) bond motifs is 3. The maximum Gasteiger partial charge on any atom is 0.283 e. The highest BCUT2D eigenvalue weighted by atomic mass is 32.2. The molecule has 0 radical (unpaired) electrons. The number of carbonyl (C=O) groups is 1. The molecule has 1 aliphatic heterocycles. The molecule has 2 aromatic heterocycles. The number of rotatable bonds is 5. The zero-order valence-corrected chi connectivity index (χ0v) is 20.4. The third-order valence-corrected chi connectivity index (χ3v) is 7.45. The molecule has 0 atom stereocenters. The van der Waals surface area contributed by atoms with E-state index < -0.39 is 0 Å². The third kappa shape index (κ3) is 4.07. The van der Waals surface area contributed by atoms with E-state index in [9.17, 15) is 9.59 Å². The van der Waals surface area contributed by atoms with Gasteiger partial charge in [0.1, 0.15) is 16.8 Å². The normalized spacial score (nSPS) is 14.7. The summed E-state index contributed by atoms with van der Waals surface area (Å²) < 4.78 is 7.15. The number of aromatic nitrogens is 3. The van der Waals surface area contributed by atoms with E-state index in [-0.39, 0.29) is 17.2 Å². The number of nitrogens with zero attached hydrogens (tertiary/aromatic N) is 3. The van der Waals surface area contributed by atoms with Crippen LogP contribution in [0.25, 0.3) is 27.6 Å². The molecule has 4 aromatic rings. The molecule has 1 amide bonds. The van der Waals surface area contributed by atoms with Crippen molar-refractivity contribution in [1.29, 1.82) is 0 Å². The molecular weight excluding hydrogens is 448 g/mol. The number of nitrogens with one attached hydrogen (secondary N) is 1. The van der Waals surface area contributed by atoms with Crippen LogP contribution in [-0.2, 0) is 4.79 Å². The summed E-state index contributed by atoms with van der Waals surface area (Å²) in [7, 11) is 1.59. The molecule has 1 N–H and O–H groups in total. The van der Waals surface area contributed by atoms with Crippen molar-refractivity contribution in [3.05, 3.63) is 58.4 Å². The first-order chi connectivity index (χ1) is 16.5. The number of carbonyl (C=O) groups excluding carboxylic acids is 1. The number of aryl methyl sites for hydroxylation is 1. The van der Waals surface area contributed by atoms with E-state index in [1.807, 2.05) is 54.3 Å². The Balaban J connectivity index is 1.62. The smallest absolute Gasteiger partial charge is 0.283 e. The lowest BCUT2D eigenvalue weighted by Crippen LogP contribution is -2.39. The van der Waals surface area contributed by atoms with Crippen LogP contribution in [0.1, 0.15) is 25.3 Å². The number of methoxy groups -OCH3 is 1. The molecule has 5 rings (SSSR count). The predicted octanol–water partition coefficient (Wildman–Crippen LogP) is 4.53. The zero-order valence-electron chi connectivity index (χ0n) is 19.6. The molecule has 0 aliphatic carbocycles. The van der Waals surface area contributed by atoms with Crippen molar-refractivity contribution in [2.75, 3.05) is 26.0 Å². The van der Waals surface area contributed by atoms with Crippen molar-refractivity contribution in [2.45, 2.75) is 31.8 Å². The Morgan fingerprint density at radius 1 is 1.21 bits per heavy atom. The minimum absolute atomic E-state index is 0.0768. The Kier molecular flexibility index (Phi) is 6.08. The average molecular weight is 477 g/mol. The standard InChI is InChI=1S/C26H28N4O3S/c1-16-10-12-29(13-11-16)22(31)15-34-26-28-23-18-6-4-5-7-19(18)27-24(23)25(32)30(26)20-14-17(2)8-9-21(20)33-3/h4-9,14,16,27H,10-13,15H2,1-3H3. The van der Waals surface area contributed by atoms with Gasteiger partial charge in [-0.15, -0.1) is 0 Å². The summed E-state index contributed by atoms with van der Waals surface area (Å²) in [6, 6.07) is 13.4. The number of hydrogen-bond acceptors (Lipinski definition) is 5. The third-order valence-electron chi connectivity index (χ3n) is 6.53. The van der Waals surface area contributed by atoms with Crippen molar-refractivity contribution in [3.63, 3.8) is 0 Å². The molecule has 0 unspecified atom stereocenters. The number of ether oxygens (including phenoxy) is 1. The molecule has 0 bridgehead atoms. The Bertz CT molecular complexity index is 1430. The minimum atomic E-state index is -0.216. The summed E-state index contributed by atoms with van der Waals surface area (Å²) in [5, 5.41) is 1.36. The van der Waals surface area contributed by atoms with E-state index in [0.29, 0.717) is 33.5 Å². The number of hydrogen-bond donors (Lipinski definition) is 1. The summed E-state index contributed by atoms with van der Waals surface area (Å²) in [5.74, 6) is 1.53. The summed E-state index contributed by atoms with van der Waals surface area (Å²) in [4.78, 5) is 36.8. The van der Waals surface area contributed by atoms with Crippen LogP contribution in [0.4, 0.5) is 0 Å². The summed E-state index contributed by atoms with van der Waals surface area (Å²) >= 11 is 1.30. The van der Waals surface area contributed by atoms with E-state index in [1.54, 1.807) is 11.7 Å². The lowest BCUT2D eigenvalue weighted by molar-refractivity contribution is -0.129. The Hall–Kier alpha value is -3.26. The molecule has 3 heterocycles. The van der Waals surface area contributed by atoms with Gasteiger partial charge in [-0.25, -0.2) is 9.55 Å². The minimum Gasteiger partial charge on any atom is -0.495 e. The van der Waals surface area contributed by atoms with Crippen LogP contribution in [0, 0.1) is 12.8 Å². The molecule has 1 saturated heterocycles. The highest BCUT2D eigenvalue weighted by Crippen LogP contribution is 2.30. The molecule has 34 heavy (non-hydrogen) atoms. The Morgan fingerprint density at radius 2 is 1.97 bits per heavy atom. The SMILES string of the molecule is COc1ccc(C)cc1-n1c(SCC(=O)N2CCC(C)CC2)nc2c([nH]c3ccccc32)c1=O. The van der Waals surface area contributed by atoms with Gasteiger partial charge in [0, 0.05) is 24.0 Å². The number of para-hydroxylation sites is 1. The van der Waals surface area contributed by atoms with Crippen LogP contribution in [0.15, 0.2) is 52.4 Å². The second-order valence-electron chi connectivity index (χ2n) is 8.96. The molecule has 0 spiro atoms. The largest absolute Gasteiger partial charge is 0.495 e. The van der Waals surface area contributed by atoms with Gasteiger partial charge >= 0.3 is 0 Å². The first kappa shape index (κ1) is 22.5. The van der Waals surface area contributed by atoms with Crippen molar-refractivity contribution in [3.8, 4) is 11.4 Å². The van der Waals surface area contributed by atoms with Gasteiger partial charge in [-0.05, 0) is 49.4 Å². The van der Waals surface area contributed by atoms with E-state index in [2.05, 4.69) is 11.9 Å². The molecular formula is C26H28N4O3S. The van der Waals surface area contributed by atoms with Crippen LogP contribution in [0.3, 0.4) is 0 Å². The summed E-state index contributed by atoms with van der Waals surface area (Å²) in [6.45, 7) is 5.77. The maximum atomic E-state index is 13.8. The fourth-order valence-corrected chi connectivity index (χ4v) is 5.40. The predicted molar refractivity (Wildman–Crippen MR) is 136 cm³/mol. The highest BCUT2D eigenvalue weighted by Gasteiger charge is 2.23. The van der Waals surface area contributed by atoms with Gasteiger partial charge in [0.25, 0.3) is 5.56 Å². The molecule has 1 aliphatic rings. The van der Waals surface area contributed by atoms with Gasteiger partial charge in [-0.1, -0.05) is 43.0 Å². The second kappa shape index (κ2) is 9.18. The van der Waals surface area contributed by atoms with Crippen LogP contribution in [0.5, 0.6) is 5.75 Å². The van der Waals surface area contributed by atoms with Gasteiger partial charge in [-0.3, -0.25) is 9.59 Å². The lowest BCUT2D eigenvalue weighted by Gasteiger charge is -2.30. The van der Waals surface area contributed by atoms with Crippen LogP contribution in [0.2, 0.25) is 0 Å². The topological polar surface area (TPSA) is 80.2 Å². The van der Waals surface area contributed by atoms with Crippen LogP contribution >= 0.6 is 11.8 Å². The average Bonchev–Trinajstić information content (AvgIpc) is 3.22. The van der Waals surface area contributed by atoms with E-state index in [4.69, 9.17) is 9.72 Å². The number of H-pyrrole nitrogens is 1. The molecule has 176 valence electrons. The fourth-order valence-electron chi connectivity index (χ4n) is 4.50. The van der Waals surface area contributed by atoms with Gasteiger partial charge in [-0.2, -0.15) is 0 Å². The van der Waals surface area contributed by atoms with E-state index >= 15 is 0 Å². The first-order valence-electron chi connectivity index (χ1n) is 11.6. The van der Waals surface area contributed by atoms with Gasteiger partial charge < -0.3 is 14.6 Å². The first-order valence-corrected chi connectivity index (χ1v) is 12.5. The van der Waals surface area contributed by atoms with E-state index in [1.165, 1.54) is 11.8 Å². The highest BCUT2D eigenvalue weighted by molar-refractivity contribution is 7.99. The monoisotopic (exact) mass is 476 g/mol. The molecule has 7 nitrogen and oxygen atoms in total. The van der Waals surface area contributed by atoms with Crippen LogP contribution in [-0.4, -0.2) is 51.3 Å². The quantitative estimate of drug-likeness (QED) is 0.338. The molecule has 8 heteroatoms. The number of amides is 1. The van der Waals surface area contributed by atoms with Gasteiger partial charge in [0.2, 0.25) is 5.91 Å². The lowest BCUT2D eigenvalue weighted by atomic mass is 9.99.